The standard InChI is InChI=1S/C12H10ClNO4/c1-14-8-4-3-6(13)5-7(8)10(15)9(11(14)16)12(17)18-2/h3-5,15H,1-2H3. The average molecular weight is 268 g/mol. The Hall–Kier alpha value is -2.01. The van der Waals surface area contributed by atoms with Gasteiger partial charge in [-0.25, -0.2) is 4.79 Å². The molecule has 2 rings (SSSR count). The number of hydrogen-bond donors (Lipinski definition) is 1. The number of hydrogen-bond acceptors (Lipinski definition) is 4. The Bertz CT molecular complexity index is 705. The van der Waals surface area contributed by atoms with Crippen molar-refractivity contribution in [1.82, 2.24) is 4.57 Å². The number of halogens is 1. The van der Waals surface area contributed by atoms with Gasteiger partial charge in [-0.15, -0.1) is 0 Å². The number of ether oxygens (including phenoxy) is 1. The van der Waals surface area contributed by atoms with Crippen LogP contribution in [0.3, 0.4) is 0 Å². The first-order valence-corrected chi connectivity index (χ1v) is 5.44. The van der Waals surface area contributed by atoms with E-state index >= 15 is 0 Å². The van der Waals surface area contributed by atoms with Gasteiger partial charge < -0.3 is 14.4 Å². The highest BCUT2D eigenvalue weighted by atomic mass is 35.5. The van der Waals surface area contributed by atoms with Gasteiger partial charge in [0.1, 0.15) is 5.75 Å². The van der Waals surface area contributed by atoms with Gasteiger partial charge in [-0.05, 0) is 18.2 Å². The molecule has 0 radical (unpaired) electrons. The van der Waals surface area contributed by atoms with Gasteiger partial charge in [-0.3, -0.25) is 4.79 Å². The minimum atomic E-state index is -0.880. The van der Waals surface area contributed by atoms with E-state index in [2.05, 4.69) is 4.74 Å². The second-order valence-electron chi connectivity index (χ2n) is 3.74. The molecule has 1 N–H and O–H groups in total. The molecule has 0 fully saturated rings. The third-order valence-corrected chi connectivity index (χ3v) is 2.95. The second-order valence-corrected chi connectivity index (χ2v) is 4.18. The fourth-order valence-electron chi connectivity index (χ4n) is 1.79. The Morgan fingerprint density at radius 1 is 1.44 bits per heavy atom. The van der Waals surface area contributed by atoms with E-state index < -0.39 is 22.8 Å². The number of benzene rings is 1. The lowest BCUT2D eigenvalue weighted by molar-refractivity contribution is 0.0595. The third kappa shape index (κ3) is 1.73. The molecule has 0 spiro atoms. The summed E-state index contributed by atoms with van der Waals surface area (Å²) >= 11 is 5.83. The minimum Gasteiger partial charge on any atom is -0.506 e. The molecule has 0 aliphatic rings. The van der Waals surface area contributed by atoms with E-state index in [4.69, 9.17) is 11.6 Å². The van der Waals surface area contributed by atoms with Crippen molar-refractivity contribution < 1.29 is 14.6 Å². The minimum absolute atomic E-state index is 0.324. The van der Waals surface area contributed by atoms with E-state index in [-0.39, 0.29) is 0 Å². The van der Waals surface area contributed by atoms with Crippen molar-refractivity contribution in [2.75, 3.05) is 7.11 Å². The van der Waals surface area contributed by atoms with Crippen LogP contribution >= 0.6 is 11.6 Å². The maximum Gasteiger partial charge on any atom is 0.347 e. The molecule has 18 heavy (non-hydrogen) atoms. The van der Waals surface area contributed by atoms with Crippen molar-refractivity contribution in [3.05, 3.63) is 39.1 Å². The molecule has 0 amide bonds. The Labute approximate surface area is 107 Å². The van der Waals surface area contributed by atoms with Gasteiger partial charge in [0, 0.05) is 17.5 Å². The molecule has 0 atom stereocenters. The second kappa shape index (κ2) is 4.34. The summed E-state index contributed by atoms with van der Waals surface area (Å²) in [4.78, 5) is 23.5. The van der Waals surface area contributed by atoms with Crippen LogP contribution in [0.25, 0.3) is 10.9 Å². The predicted molar refractivity (Wildman–Crippen MR) is 67.2 cm³/mol. The Balaban J connectivity index is 2.98. The zero-order valence-corrected chi connectivity index (χ0v) is 10.5. The number of aromatic hydroxyl groups is 1. The summed E-state index contributed by atoms with van der Waals surface area (Å²) in [5.41, 5.74) is -0.529. The molecule has 0 saturated carbocycles. The number of rotatable bonds is 1. The molecular formula is C12H10ClNO4. The first kappa shape index (κ1) is 12.4. The van der Waals surface area contributed by atoms with Crippen LogP contribution in [-0.4, -0.2) is 22.8 Å². The highest BCUT2D eigenvalue weighted by Gasteiger charge is 2.21. The number of methoxy groups -OCH3 is 1. The van der Waals surface area contributed by atoms with E-state index in [0.717, 1.165) is 7.11 Å². The molecule has 1 aromatic carbocycles. The third-order valence-electron chi connectivity index (χ3n) is 2.72. The van der Waals surface area contributed by atoms with Crippen LogP contribution in [0, 0.1) is 0 Å². The van der Waals surface area contributed by atoms with Crippen LogP contribution in [-0.2, 0) is 11.8 Å². The van der Waals surface area contributed by atoms with Gasteiger partial charge in [0.05, 0.1) is 12.6 Å². The molecule has 2 aromatic rings. The van der Waals surface area contributed by atoms with Gasteiger partial charge >= 0.3 is 5.97 Å². The van der Waals surface area contributed by atoms with E-state index in [1.807, 2.05) is 0 Å². The van der Waals surface area contributed by atoms with E-state index in [1.54, 1.807) is 12.1 Å². The highest BCUT2D eigenvalue weighted by molar-refractivity contribution is 6.31. The number of aryl methyl sites for hydroxylation is 1. The maximum absolute atomic E-state index is 12.0. The van der Waals surface area contributed by atoms with Crippen LogP contribution in [0.15, 0.2) is 23.0 Å². The lowest BCUT2D eigenvalue weighted by Gasteiger charge is -2.10. The van der Waals surface area contributed by atoms with Crippen LogP contribution in [0.4, 0.5) is 0 Å². The fourth-order valence-corrected chi connectivity index (χ4v) is 1.96. The topological polar surface area (TPSA) is 68.5 Å². The summed E-state index contributed by atoms with van der Waals surface area (Å²) in [7, 11) is 2.65. The summed E-state index contributed by atoms with van der Waals surface area (Å²) in [6.07, 6.45) is 0. The van der Waals surface area contributed by atoms with E-state index in [0.29, 0.717) is 15.9 Å². The molecular weight excluding hydrogens is 258 g/mol. The molecule has 5 nitrogen and oxygen atoms in total. The number of fused-ring (bicyclic) bond motifs is 1. The van der Waals surface area contributed by atoms with Gasteiger partial charge in [-0.1, -0.05) is 11.6 Å². The molecule has 6 heteroatoms. The molecule has 0 unspecified atom stereocenters. The van der Waals surface area contributed by atoms with Crippen LogP contribution in [0.2, 0.25) is 5.02 Å². The number of esters is 1. The van der Waals surface area contributed by atoms with Gasteiger partial charge in [0.25, 0.3) is 5.56 Å². The van der Waals surface area contributed by atoms with E-state index in [1.165, 1.54) is 17.7 Å². The van der Waals surface area contributed by atoms with Gasteiger partial charge in [0.15, 0.2) is 5.56 Å². The van der Waals surface area contributed by atoms with Crippen LogP contribution < -0.4 is 5.56 Å². The van der Waals surface area contributed by atoms with Crippen LogP contribution in [0.1, 0.15) is 10.4 Å². The summed E-state index contributed by atoms with van der Waals surface area (Å²) in [5, 5.41) is 10.7. The van der Waals surface area contributed by atoms with Crippen molar-refractivity contribution in [3.8, 4) is 5.75 Å². The van der Waals surface area contributed by atoms with Crippen molar-refractivity contribution in [3.63, 3.8) is 0 Å². The number of carbonyl (C=O) groups is 1. The highest BCUT2D eigenvalue weighted by Crippen LogP contribution is 2.28. The summed E-state index contributed by atoms with van der Waals surface area (Å²) in [5.74, 6) is -1.29. The number of pyridine rings is 1. The zero-order valence-electron chi connectivity index (χ0n) is 9.73. The summed E-state index contributed by atoms with van der Waals surface area (Å²) < 4.78 is 5.75. The molecule has 1 heterocycles. The van der Waals surface area contributed by atoms with Crippen molar-refractivity contribution in [2.24, 2.45) is 7.05 Å². The predicted octanol–water partition coefficient (Wildman–Crippen LogP) is 1.68. The number of aromatic nitrogens is 1. The van der Waals surface area contributed by atoms with Crippen LogP contribution in [0.5, 0.6) is 5.75 Å². The molecule has 94 valence electrons. The van der Waals surface area contributed by atoms with Crippen molar-refractivity contribution in [1.29, 1.82) is 0 Å². The summed E-state index contributed by atoms with van der Waals surface area (Å²) in [6, 6.07) is 4.68. The molecule has 0 bridgehead atoms. The first-order valence-electron chi connectivity index (χ1n) is 5.07. The fraction of sp³-hybridized carbons (Fsp3) is 0.167. The Morgan fingerprint density at radius 3 is 2.72 bits per heavy atom. The lowest BCUT2D eigenvalue weighted by Crippen LogP contribution is -2.25. The summed E-state index contributed by atoms with van der Waals surface area (Å²) in [6.45, 7) is 0. The quantitative estimate of drug-likeness (QED) is 0.798. The SMILES string of the molecule is COC(=O)c1c(O)c2cc(Cl)ccc2n(C)c1=O. The average Bonchev–Trinajstić information content (AvgIpc) is 2.36. The Kier molecular flexibility index (Phi) is 3.00. The zero-order chi connectivity index (χ0) is 13.4. The number of carbonyl (C=O) groups excluding carboxylic acids is 1. The smallest absolute Gasteiger partial charge is 0.347 e. The Morgan fingerprint density at radius 2 is 2.11 bits per heavy atom. The normalized spacial score (nSPS) is 10.6. The van der Waals surface area contributed by atoms with Gasteiger partial charge in [-0.2, -0.15) is 0 Å². The molecule has 0 aliphatic carbocycles. The van der Waals surface area contributed by atoms with E-state index in [9.17, 15) is 14.7 Å². The van der Waals surface area contributed by atoms with Crippen molar-refractivity contribution >= 4 is 28.5 Å². The molecule has 0 aliphatic heterocycles. The maximum atomic E-state index is 12.0. The number of nitrogens with zero attached hydrogens (tertiary/aromatic N) is 1. The first-order chi connectivity index (χ1) is 8.47. The molecule has 1 aromatic heterocycles. The van der Waals surface area contributed by atoms with Gasteiger partial charge in [0.2, 0.25) is 0 Å². The monoisotopic (exact) mass is 267 g/mol. The van der Waals surface area contributed by atoms with Crippen molar-refractivity contribution in [2.45, 2.75) is 0 Å². The largest absolute Gasteiger partial charge is 0.506 e. The lowest BCUT2D eigenvalue weighted by atomic mass is 10.1. The molecule has 0 saturated heterocycles.